The van der Waals surface area contributed by atoms with E-state index in [4.69, 9.17) is 0 Å². The van der Waals surface area contributed by atoms with E-state index in [0.29, 0.717) is 19.1 Å². The molecule has 0 saturated heterocycles. The Bertz CT molecular complexity index is 836. The zero-order valence-electron chi connectivity index (χ0n) is 13.5. The van der Waals surface area contributed by atoms with Crippen LogP contribution < -0.4 is 4.90 Å². The summed E-state index contributed by atoms with van der Waals surface area (Å²) in [7, 11) is 0. The van der Waals surface area contributed by atoms with Crippen LogP contribution in [0.15, 0.2) is 36.1 Å². The Balaban J connectivity index is 0.000000300. The fraction of sp³-hybridized carbons (Fsp3) is 0.294. The Morgan fingerprint density at radius 1 is 1.33 bits per heavy atom. The van der Waals surface area contributed by atoms with E-state index in [9.17, 15) is 4.79 Å². The number of rotatable bonds is 3. The number of hydrogen-bond acceptors (Lipinski definition) is 7. The fourth-order valence-corrected chi connectivity index (χ4v) is 3.44. The standard InChI is InChI=1S/C14H12N4S.C3H6O2/c1-9-6-10-4-2-3-5-11(10)18(9)13-12-14(16-7-15-13)19-8-17-12;1-2-5-3-4/h2-5,7-9H,6H2,1H3;3H,2H2,1H3. The second-order valence-corrected chi connectivity index (χ2v) is 6.14. The Hall–Kier alpha value is -2.54. The van der Waals surface area contributed by atoms with Crippen molar-refractivity contribution >= 4 is 39.7 Å². The summed E-state index contributed by atoms with van der Waals surface area (Å²) in [6, 6.07) is 8.90. The van der Waals surface area contributed by atoms with Gasteiger partial charge in [0.1, 0.15) is 16.7 Å². The molecule has 0 fully saturated rings. The molecule has 1 aliphatic heterocycles. The second kappa shape index (κ2) is 7.35. The molecule has 4 rings (SSSR count). The summed E-state index contributed by atoms with van der Waals surface area (Å²) in [4.78, 5) is 25.6. The number of nitrogens with zero attached hydrogens (tertiary/aromatic N) is 4. The highest BCUT2D eigenvalue weighted by Gasteiger charge is 2.29. The zero-order chi connectivity index (χ0) is 16.9. The van der Waals surface area contributed by atoms with Crippen LogP contribution in [0.5, 0.6) is 0 Å². The molecular formula is C17H18N4O2S. The molecule has 24 heavy (non-hydrogen) atoms. The van der Waals surface area contributed by atoms with Gasteiger partial charge >= 0.3 is 0 Å². The minimum atomic E-state index is 0.400. The summed E-state index contributed by atoms with van der Waals surface area (Å²) in [6.07, 6.45) is 2.68. The van der Waals surface area contributed by atoms with Crippen molar-refractivity contribution in [3.63, 3.8) is 0 Å². The van der Waals surface area contributed by atoms with E-state index in [2.05, 4.69) is 55.8 Å². The van der Waals surface area contributed by atoms with Crippen molar-refractivity contribution in [2.24, 2.45) is 0 Å². The van der Waals surface area contributed by atoms with Crippen molar-refractivity contribution in [2.75, 3.05) is 11.5 Å². The topological polar surface area (TPSA) is 68.2 Å². The lowest BCUT2D eigenvalue weighted by atomic mass is 10.1. The van der Waals surface area contributed by atoms with Crippen LogP contribution in [0.2, 0.25) is 0 Å². The van der Waals surface area contributed by atoms with E-state index in [1.165, 1.54) is 11.3 Å². The third-order valence-corrected chi connectivity index (χ3v) is 4.52. The van der Waals surface area contributed by atoms with Crippen molar-refractivity contribution in [3.8, 4) is 0 Å². The Labute approximate surface area is 144 Å². The highest BCUT2D eigenvalue weighted by atomic mass is 32.1. The number of aromatic nitrogens is 3. The van der Waals surface area contributed by atoms with Crippen molar-refractivity contribution in [2.45, 2.75) is 26.3 Å². The second-order valence-electron chi connectivity index (χ2n) is 5.31. The molecule has 1 unspecified atom stereocenters. The minimum Gasteiger partial charge on any atom is -0.468 e. The van der Waals surface area contributed by atoms with Gasteiger partial charge in [-0.25, -0.2) is 15.0 Å². The zero-order valence-corrected chi connectivity index (χ0v) is 14.4. The van der Waals surface area contributed by atoms with Crippen LogP contribution in [0, 0.1) is 0 Å². The maximum Gasteiger partial charge on any atom is 0.293 e. The summed E-state index contributed by atoms with van der Waals surface area (Å²) in [5, 5.41) is 0. The average Bonchev–Trinajstić information content (AvgIpc) is 3.19. The molecule has 1 aliphatic rings. The highest BCUT2D eigenvalue weighted by Crippen LogP contribution is 2.39. The van der Waals surface area contributed by atoms with Crippen LogP contribution in [-0.2, 0) is 16.0 Å². The first kappa shape index (κ1) is 16.3. The van der Waals surface area contributed by atoms with E-state index >= 15 is 0 Å². The van der Waals surface area contributed by atoms with Gasteiger partial charge in [-0.1, -0.05) is 18.2 Å². The Morgan fingerprint density at radius 2 is 2.17 bits per heavy atom. The van der Waals surface area contributed by atoms with Gasteiger partial charge in [-0.05, 0) is 31.9 Å². The number of carbonyl (C=O) groups excluding carboxylic acids is 1. The summed E-state index contributed by atoms with van der Waals surface area (Å²) < 4.78 is 4.15. The number of anilines is 2. The third kappa shape index (κ3) is 3.07. The Morgan fingerprint density at radius 3 is 2.92 bits per heavy atom. The largest absolute Gasteiger partial charge is 0.468 e. The van der Waals surface area contributed by atoms with E-state index in [1.54, 1.807) is 24.6 Å². The molecule has 2 aromatic heterocycles. The first-order chi connectivity index (χ1) is 11.8. The van der Waals surface area contributed by atoms with Gasteiger partial charge in [-0.3, -0.25) is 4.79 Å². The van der Waals surface area contributed by atoms with Crippen LogP contribution in [0.3, 0.4) is 0 Å². The molecule has 0 spiro atoms. The van der Waals surface area contributed by atoms with Crippen molar-refractivity contribution < 1.29 is 9.53 Å². The van der Waals surface area contributed by atoms with Crippen LogP contribution in [0.4, 0.5) is 11.5 Å². The maximum absolute atomic E-state index is 9.18. The maximum atomic E-state index is 9.18. The number of thiazole rings is 1. The van der Waals surface area contributed by atoms with Gasteiger partial charge in [0.2, 0.25) is 0 Å². The molecule has 1 aromatic carbocycles. The quantitative estimate of drug-likeness (QED) is 0.680. The predicted octanol–water partition coefficient (Wildman–Crippen LogP) is 3.35. The number of para-hydroxylation sites is 1. The molecule has 6 nitrogen and oxygen atoms in total. The van der Waals surface area contributed by atoms with Crippen LogP contribution in [0.25, 0.3) is 10.3 Å². The molecule has 3 aromatic rings. The molecule has 1 atom stereocenters. The van der Waals surface area contributed by atoms with Crippen LogP contribution in [-0.4, -0.2) is 34.1 Å². The molecule has 0 saturated carbocycles. The molecule has 0 aliphatic carbocycles. The molecule has 7 heteroatoms. The summed E-state index contributed by atoms with van der Waals surface area (Å²) >= 11 is 1.55. The summed E-state index contributed by atoms with van der Waals surface area (Å²) in [5.41, 5.74) is 5.34. The normalized spacial score (nSPS) is 15.6. The molecular weight excluding hydrogens is 324 g/mol. The van der Waals surface area contributed by atoms with Gasteiger partial charge in [0.05, 0.1) is 12.1 Å². The van der Waals surface area contributed by atoms with Gasteiger partial charge in [0.15, 0.2) is 5.82 Å². The number of ether oxygens (including phenoxy) is 1. The number of hydrogen-bond donors (Lipinski definition) is 0. The number of benzene rings is 1. The summed E-state index contributed by atoms with van der Waals surface area (Å²) in [6.45, 7) is 4.89. The number of fused-ring (bicyclic) bond motifs is 2. The van der Waals surface area contributed by atoms with Crippen molar-refractivity contribution in [3.05, 3.63) is 41.7 Å². The first-order valence-electron chi connectivity index (χ1n) is 7.72. The van der Waals surface area contributed by atoms with Gasteiger partial charge in [-0.15, -0.1) is 11.3 Å². The number of carbonyl (C=O) groups is 1. The lowest BCUT2D eigenvalue weighted by Gasteiger charge is -2.23. The predicted molar refractivity (Wildman–Crippen MR) is 94.6 cm³/mol. The first-order valence-corrected chi connectivity index (χ1v) is 8.60. The van der Waals surface area contributed by atoms with E-state index in [1.807, 2.05) is 5.51 Å². The average molecular weight is 342 g/mol. The lowest BCUT2D eigenvalue weighted by Crippen LogP contribution is -2.25. The minimum absolute atomic E-state index is 0.400. The molecule has 3 heterocycles. The van der Waals surface area contributed by atoms with Crippen molar-refractivity contribution in [1.29, 1.82) is 0 Å². The van der Waals surface area contributed by atoms with Crippen LogP contribution >= 0.6 is 11.3 Å². The SMILES string of the molecule is CC1Cc2ccccc2N1c1ncnc2scnc12.CCOC=O. The molecule has 0 N–H and O–H groups in total. The lowest BCUT2D eigenvalue weighted by molar-refractivity contribution is -0.128. The third-order valence-electron chi connectivity index (χ3n) is 3.79. The molecule has 0 bridgehead atoms. The highest BCUT2D eigenvalue weighted by molar-refractivity contribution is 7.16. The Kier molecular flexibility index (Phi) is 5.00. The van der Waals surface area contributed by atoms with Gasteiger partial charge < -0.3 is 9.64 Å². The fourth-order valence-electron chi connectivity index (χ4n) is 2.81. The van der Waals surface area contributed by atoms with E-state index in [0.717, 1.165) is 22.6 Å². The smallest absolute Gasteiger partial charge is 0.293 e. The van der Waals surface area contributed by atoms with E-state index < -0.39 is 0 Å². The molecule has 0 amide bonds. The van der Waals surface area contributed by atoms with Gasteiger partial charge in [0.25, 0.3) is 6.47 Å². The summed E-state index contributed by atoms with van der Waals surface area (Å²) in [5.74, 6) is 0.920. The van der Waals surface area contributed by atoms with Crippen LogP contribution in [0.1, 0.15) is 19.4 Å². The monoisotopic (exact) mass is 342 g/mol. The van der Waals surface area contributed by atoms with E-state index in [-0.39, 0.29) is 0 Å². The van der Waals surface area contributed by atoms with Gasteiger partial charge in [-0.2, -0.15) is 0 Å². The van der Waals surface area contributed by atoms with Crippen molar-refractivity contribution in [1.82, 2.24) is 15.0 Å². The molecule has 0 radical (unpaired) electrons. The van der Waals surface area contributed by atoms with Gasteiger partial charge in [0, 0.05) is 11.7 Å². The molecule has 124 valence electrons.